The molecule has 108 valence electrons. The van der Waals surface area contributed by atoms with E-state index in [2.05, 4.69) is 11.2 Å². The van der Waals surface area contributed by atoms with Gasteiger partial charge in [0.15, 0.2) is 5.82 Å². The van der Waals surface area contributed by atoms with E-state index in [4.69, 9.17) is 10.5 Å². The van der Waals surface area contributed by atoms with Crippen LogP contribution < -0.4 is 10.5 Å². The van der Waals surface area contributed by atoms with Crippen molar-refractivity contribution in [2.45, 2.75) is 0 Å². The molecule has 0 aliphatic heterocycles. The van der Waals surface area contributed by atoms with E-state index in [1.54, 1.807) is 11.7 Å². The maximum atomic E-state index is 9.22. The van der Waals surface area contributed by atoms with E-state index < -0.39 is 0 Å². The molecule has 0 atom stereocenters. The van der Waals surface area contributed by atoms with E-state index in [0.717, 1.165) is 17.1 Å². The number of aromatic nitrogens is 2. The van der Waals surface area contributed by atoms with Crippen molar-refractivity contribution in [2.24, 2.45) is 7.05 Å². The van der Waals surface area contributed by atoms with Gasteiger partial charge in [0.1, 0.15) is 23.1 Å². The highest BCUT2D eigenvalue weighted by Gasteiger charge is 2.15. The number of hydrogen-bond donors (Lipinski definition) is 1. The van der Waals surface area contributed by atoms with Gasteiger partial charge in [-0.05, 0) is 36.4 Å². The number of ether oxygens (including phenoxy) is 1. The second-order valence-electron chi connectivity index (χ2n) is 4.78. The molecule has 0 fully saturated rings. The van der Waals surface area contributed by atoms with Crippen LogP contribution in [0.25, 0.3) is 11.3 Å². The van der Waals surface area contributed by atoms with Crippen molar-refractivity contribution < 1.29 is 4.74 Å². The smallest absolute Gasteiger partial charge is 0.164 e. The predicted molar refractivity (Wildman–Crippen MR) is 84.3 cm³/mol. The van der Waals surface area contributed by atoms with Gasteiger partial charge >= 0.3 is 0 Å². The van der Waals surface area contributed by atoms with Crippen LogP contribution in [0.3, 0.4) is 0 Å². The van der Waals surface area contributed by atoms with Gasteiger partial charge in [0, 0.05) is 12.6 Å². The molecule has 0 aliphatic rings. The monoisotopic (exact) mass is 290 g/mol. The van der Waals surface area contributed by atoms with Crippen molar-refractivity contribution in [1.82, 2.24) is 9.78 Å². The molecular formula is C17H14N4O. The zero-order chi connectivity index (χ0) is 15.5. The van der Waals surface area contributed by atoms with E-state index in [9.17, 15) is 5.26 Å². The highest BCUT2D eigenvalue weighted by Crippen LogP contribution is 2.29. The molecule has 0 saturated carbocycles. The van der Waals surface area contributed by atoms with Crippen LogP contribution in [0, 0.1) is 11.3 Å². The standard InChI is InChI=1S/C17H14N4O/c1-21-16(15(11-18)17(19)20-21)12-7-9-14(10-8-12)22-13-5-3-2-4-6-13/h2-10H,1H3,(H2,19,20). The summed E-state index contributed by atoms with van der Waals surface area (Å²) in [5.41, 5.74) is 7.70. The molecule has 3 rings (SSSR count). The minimum Gasteiger partial charge on any atom is -0.457 e. The summed E-state index contributed by atoms with van der Waals surface area (Å²) in [6.45, 7) is 0. The molecule has 3 aromatic rings. The molecule has 1 heterocycles. The van der Waals surface area contributed by atoms with Crippen LogP contribution in [0.5, 0.6) is 11.5 Å². The third kappa shape index (κ3) is 2.50. The summed E-state index contributed by atoms with van der Waals surface area (Å²) in [7, 11) is 1.76. The normalized spacial score (nSPS) is 10.2. The van der Waals surface area contributed by atoms with Gasteiger partial charge in [0.25, 0.3) is 0 Å². The summed E-state index contributed by atoms with van der Waals surface area (Å²) in [5.74, 6) is 1.74. The maximum absolute atomic E-state index is 9.22. The Labute approximate surface area is 128 Å². The Kier molecular flexibility index (Phi) is 3.50. The SMILES string of the molecule is Cn1nc(N)c(C#N)c1-c1ccc(Oc2ccccc2)cc1. The molecular weight excluding hydrogens is 276 g/mol. The number of nitrogens with zero attached hydrogens (tertiary/aromatic N) is 3. The number of rotatable bonds is 3. The lowest BCUT2D eigenvalue weighted by molar-refractivity contribution is 0.483. The largest absolute Gasteiger partial charge is 0.457 e. The number of nitrogens with two attached hydrogens (primary N) is 1. The first kappa shape index (κ1) is 13.7. The predicted octanol–water partition coefficient (Wildman–Crippen LogP) is 3.33. The number of nitrogen functional groups attached to an aromatic ring is 1. The molecule has 2 N–H and O–H groups in total. The Balaban J connectivity index is 1.91. The highest BCUT2D eigenvalue weighted by molar-refractivity contribution is 5.73. The Hall–Kier alpha value is -3.26. The number of nitriles is 1. The highest BCUT2D eigenvalue weighted by atomic mass is 16.5. The molecule has 0 spiro atoms. The van der Waals surface area contributed by atoms with Crippen molar-refractivity contribution in [2.75, 3.05) is 5.73 Å². The summed E-state index contributed by atoms with van der Waals surface area (Å²) < 4.78 is 7.36. The average Bonchev–Trinajstić information content (AvgIpc) is 2.83. The van der Waals surface area contributed by atoms with Crippen molar-refractivity contribution >= 4 is 5.82 Å². The van der Waals surface area contributed by atoms with Crippen LogP contribution in [0.2, 0.25) is 0 Å². The van der Waals surface area contributed by atoms with Gasteiger partial charge in [-0.3, -0.25) is 4.68 Å². The molecule has 0 saturated heterocycles. The van der Waals surface area contributed by atoms with Crippen LogP contribution >= 0.6 is 0 Å². The summed E-state index contributed by atoms with van der Waals surface area (Å²) >= 11 is 0. The first-order valence-corrected chi connectivity index (χ1v) is 6.75. The summed E-state index contributed by atoms with van der Waals surface area (Å²) in [4.78, 5) is 0. The van der Waals surface area contributed by atoms with Crippen LogP contribution in [-0.2, 0) is 7.05 Å². The second kappa shape index (κ2) is 5.62. The summed E-state index contributed by atoms with van der Waals surface area (Å²) in [6, 6.07) is 19.1. The van der Waals surface area contributed by atoms with E-state index in [0.29, 0.717) is 11.3 Å². The molecule has 5 heteroatoms. The maximum Gasteiger partial charge on any atom is 0.164 e. The van der Waals surface area contributed by atoms with Gasteiger partial charge in [-0.2, -0.15) is 10.4 Å². The van der Waals surface area contributed by atoms with Crippen LogP contribution in [0.15, 0.2) is 54.6 Å². The third-order valence-electron chi connectivity index (χ3n) is 3.29. The Bertz CT molecular complexity index is 830. The number of aryl methyl sites for hydroxylation is 1. The minimum absolute atomic E-state index is 0.240. The van der Waals surface area contributed by atoms with E-state index in [1.807, 2.05) is 54.6 Å². The molecule has 0 amide bonds. The first-order valence-electron chi connectivity index (χ1n) is 6.75. The lowest BCUT2D eigenvalue weighted by Crippen LogP contribution is -1.95. The molecule has 0 radical (unpaired) electrons. The van der Waals surface area contributed by atoms with E-state index >= 15 is 0 Å². The molecule has 0 bridgehead atoms. The lowest BCUT2D eigenvalue weighted by atomic mass is 10.1. The number of benzene rings is 2. The Morgan fingerprint density at radius 1 is 1.05 bits per heavy atom. The molecule has 22 heavy (non-hydrogen) atoms. The Morgan fingerprint density at radius 2 is 1.68 bits per heavy atom. The summed E-state index contributed by atoms with van der Waals surface area (Å²) in [6.07, 6.45) is 0. The number of anilines is 1. The van der Waals surface area contributed by atoms with Crippen molar-refractivity contribution in [3.8, 4) is 28.8 Å². The van der Waals surface area contributed by atoms with Gasteiger partial charge < -0.3 is 10.5 Å². The fourth-order valence-electron chi connectivity index (χ4n) is 2.29. The third-order valence-corrected chi connectivity index (χ3v) is 3.29. The van der Waals surface area contributed by atoms with Crippen LogP contribution in [0.4, 0.5) is 5.82 Å². The van der Waals surface area contributed by atoms with E-state index in [1.165, 1.54) is 0 Å². The van der Waals surface area contributed by atoms with Crippen molar-refractivity contribution in [1.29, 1.82) is 5.26 Å². The van der Waals surface area contributed by atoms with E-state index in [-0.39, 0.29) is 5.82 Å². The van der Waals surface area contributed by atoms with Gasteiger partial charge in [0.2, 0.25) is 0 Å². The molecule has 1 aromatic heterocycles. The molecule has 2 aromatic carbocycles. The van der Waals surface area contributed by atoms with Gasteiger partial charge in [-0.1, -0.05) is 18.2 Å². The zero-order valence-electron chi connectivity index (χ0n) is 12.0. The van der Waals surface area contributed by atoms with Crippen LogP contribution in [-0.4, -0.2) is 9.78 Å². The number of para-hydroxylation sites is 1. The number of hydrogen-bond acceptors (Lipinski definition) is 4. The van der Waals surface area contributed by atoms with Crippen molar-refractivity contribution in [3.63, 3.8) is 0 Å². The van der Waals surface area contributed by atoms with Gasteiger partial charge in [-0.25, -0.2) is 0 Å². The average molecular weight is 290 g/mol. The van der Waals surface area contributed by atoms with Gasteiger partial charge in [0.05, 0.1) is 5.69 Å². The second-order valence-corrected chi connectivity index (χ2v) is 4.78. The molecule has 0 unspecified atom stereocenters. The lowest BCUT2D eigenvalue weighted by Gasteiger charge is -2.07. The quantitative estimate of drug-likeness (QED) is 0.802. The first-order chi connectivity index (χ1) is 10.7. The summed E-state index contributed by atoms with van der Waals surface area (Å²) in [5, 5.41) is 13.3. The minimum atomic E-state index is 0.240. The molecule has 5 nitrogen and oxygen atoms in total. The van der Waals surface area contributed by atoms with Crippen LogP contribution in [0.1, 0.15) is 5.56 Å². The van der Waals surface area contributed by atoms with Crippen molar-refractivity contribution in [3.05, 3.63) is 60.2 Å². The molecule has 0 aliphatic carbocycles. The fourth-order valence-corrected chi connectivity index (χ4v) is 2.29. The zero-order valence-corrected chi connectivity index (χ0v) is 12.0. The van der Waals surface area contributed by atoms with Gasteiger partial charge in [-0.15, -0.1) is 0 Å². The Morgan fingerprint density at radius 3 is 2.32 bits per heavy atom. The fraction of sp³-hybridized carbons (Fsp3) is 0.0588. The topological polar surface area (TPSA) is 76.9 Å².